The maximum atomic E-state index is 12.0. The highest BCUT2D eigenvalue weighted by Gasteiger charge is 2.12. The number of carbonyl (C=O) groups is 1. The fraction of sp³-hybridized carbons (Fsp3) is 0.231. The van der Waals surface area contributed by atoms with Gasteiger partial charge < -0.3 is 11.1 Å². The molecule has 0 saturated carbocycles. The van der Waals surface area contributed by atoms with Crippen LogP contribution in [-0.4, -0.2) is 25.7 Å². The van der Waals surface area contributed by atoms with Crippen LogP contribution in [0.3, 0.4) is 0 Å². The molecule has 21 heavy (non-hydrogen) atoms. The third kappa shape index (κ3) is 2.57. The van der Waals surface area contributed by atoms with Crippen LogP contribution in [-0.2, 0) is 0 Å². The number of nitrogens with two attached hydrogens (primary N) is 1. The van der Waals surface area contributed by atoms with Gasteiger partial charge in [0.1, 0.15) is 5.69 Å². The first-order valence-corrected chi connectivity index (χ1v) is 7.28. The second-order valence-electron chi connectivity index (χ2n) is 4.84. The van der Waals surface area contributed by atoms with Gasteiger partial charge in [-0.1, -0.05) is 0 Å². The third-order valence-corrected chi connectivity index (χ3v) is 3.61. The van der Waals surface area contributed by atoms with Crippen LogP contribution >= 0.6 is 11.3 Å². The average molecular weight is 302 g/mol. The Kier molecular flexibility index (Phi) is 3.30. The maximum Gasteiger partial charge on any atom is 0.275 e. The molecule has 3 heterocycles. The predicted molar refractivity (Wildman–Crippen MR) is 82.4 cm³/mol. The summed E-state index contributed by atoms with van der Waals surface area (Å²) in [6, 6.07) is 2.07. The van der Waals surface area contributed by atoms with Crippen LogP contribution < -0.4 is 11.1 Å². The lowest BCUT2D eigenvalue weighted by Crippen LogP contribution is -2.12. The van der Waals surface area contributed by atoms with Crippen LogP contribution in [0.4, 0.5) is 10.8 Å². The summed E-state index contributed by atoms with van der Waals surface area (Å²) in [5.74, 6) is -0.305. The highest BCUT2D eigenvalue weighted by molar-refractivity contribution is 7.13. The largest absolute Gasteiger partial charge is 0.375 e. The lowest BCUT2D eigenvalue weighted by Gasteiger charge is -2.07. The topological polar surface area (TPSA) is 98.7 Å². The first kappa shape index (κ1) is 13.5. The van der Waals surface area contributed by atoms with Crippen molar-refractivity contribution in [2.75, 3.05) is 11.1 Å². The van der Waals surface area contributed by atoms with Crippen molar-refractivity contribution in [3.63, 3.8) is 0 Å². The number of anilines is 2. The van der Waals surface area contributed by atoms with E-state index < -0.39 is 0 Å². The molecule has 0 saturated heterocycles. The fourth-order valence-electron chi connectivity index (χ4n) is 1.97. The predicted octanol–water partition coefficient (Wildman–Crippen LogP) is 2.30. The van der Waals surface area contributed by atoms with Crippen molar-refractivity contribution in [1.29, 1.82) is 0 Å². The van der Waals surface area contributed by atoms with E-state index in [0.717, 1.165) is 11.0 Å². The van der Waals surface area contributed by atoms with Gasteiger partial charge in [-0.15, -0.1) is 11.3 Å². The molecule has 0 bridgehead atoms. The normalized spacial score (nSPS) is 11.2. The van der Waals surface area contributed by atoms with Gasteiger partial charge in [0, 0.05) is 16.8 Å². The molecule has 0 fully saturated rings. The van der Waals surface area contributed by atoms with Crippen LogP contribution in [0.2, 0.25) is 0 Å². The van der Waals surface area contributed by atoms with Gasteiger partial charge in [0.15, 0.2) is 10.8 Å². The van der Waals surface area contributed by atoms with Gasteiger partial charge in [-0.3, -0.25) is 4.79 Å². The molecule has 8 heteroatoms. The number of hydrogen-bond acceptors (Lipinski definition) is 6. The smallest absolute Gasteiger partial charge is 0.275 e. The zero-order valence-corrected chi connectivity index (χ0v) is 12.4. The molecule has 3 aromatic rings. The molecule has 0 aliphatic carbocycles. The van der Waals surface area contributed by atoms with Crippen molar-refractivity contribution < 1.29 is 4.79 Å². The minimum Gasteiger partial charge on any atom is -0.375 e. The number of carbonyl (C=O) groups excluding carboxylic acids is 1. The Morgan fingerprint density at radius 1 is 1.43 bits per heavy atom. The summed E-state index contributed by atoms with van der Waals surface area (Å²) in [7, 11) is 0. The molecular formula is C13H14N6OS. The molecule has 3 rings (SSSR count). The minimum atomic E-state index is -0.305. The molecule has 108 valence electrons. The van der Waals surface area contributed by atoms with Crippen molar-refractivity contribution in [3.8, 4) is 0 Å². The highest BCUT2D eigenvalue weighted by atomic mass is 32.1. The number of pyridine rings is 1. The Morgan fingerprint density at radius 2 is 2.24 bits per heavy atom. The quantitative estimate of drug-likeness (QED) is 0.773. The molecule has 0 atom stereocenters. The number of nitrogens with one attached hydrogen (secondary N) is 1. The number of hydrogen-bond donors (Lipinski definition) is 2. The van der Waals surface area contributed by atoms with Crippen LogP contribution in [0.5, 0.6) is 0 Å². The van der Waals surface area contributed by atoms with Crippen molar-refractivity contribution in [2.24, 2.45) is 0 Å². The molecule has 0 unspecified atom stereocenters. The van der Waals surface area contributed by atoms with E-state index in [-0.39, 0.29) is 11.9 Å². The molecule has 3 N–H and O–H groups in total. The molecule has 0 spiro atoms. The second kappa shape index (κ2) is 5.13. The van der Waals surface area contributed by atoms with Gasteiger partial charge in [0.2, 0.25) is 0 Å². The van der Waals surface area contributed by atoms with Crippen LogP contribution in [0.1, 0.15) is 30.4 Å². The summed E-state index contributed by atoms with van der Waals surface area (Å²) in [5, 5.41) is 9.90. The van der Waals surface area contributed by atoms with Gasteiger partial charge in [-0.25, -0.2) is 14.6 Å². The Balaban J connectivity index is 1.86. The van der Waals surface area contributed by atoms with Gasteiger partial charge in [0.05, 0.1) is 18.1 Å². The molecule has 3 aromatic heterocycles. The van der Waals surface area contributed by atoms with E-state index in [1.807, 2.05) is 24.6 Å². The van der Waals surface area contributed by atoms with Crippen LogP contribution in [0.15, 0.2) is 23.8 Å². The van der Waals surface area contributed by atoms with Gasteiger partial charge in [0.25, 0.3) is 5.91 Å². The number of amides is 1. The number of thiazole rings is 1. The minimum absolute atomic E-state index is 0.230. The van der Waals surface area contributed by atoms with E-state index >= 15 is 0 Å². The van der Waals surface area contributed by atoms with Gasteiger partial charge in [-0.05, 0) is 19.9 Å². The van der Waals surface area contributed by atoms with Gasteiger partial charge in [-0.2, -0.15) is 5.10 Å². The third-order valence-electron chi connectivity index (χ3n) is 2.93. The SMILES string of the molecule is CC(C)n1ncc2cc(NC(=O)c3csc(N)n3)cnc21. The molecule has 1 amide bonds. The van der Waals surface area contributed by atoms with Crippen molar-refractivity contribution in [1.82, 2.24) is 19.7 Å². The van der Waals surface area contributed by atoms with Crippen LogP contribution in [0, 0.1) is 0 Å². The van der Waals surface area contributed by atoms with E-state index in [1.54, 1.807) is 17.8 Å². The van der Waals surface area contributed by atoms with E-state index in [2.05, 4.69) is 20.4 Å². The average Bonchev–Trinajstić information content (AvgIpc) is 3.04. The Labute approximate surface area is 124 Å². The summed E-state index contributed by atoms with van der Waals surface area (Å²) in [5.41, 5.74) is 7.21. The number of aromatic nitrogens is 4. The van der Waals surface area contributed by atoms with Crippen molar-refractivity contribution in [2.45, 2.75) is 19.9 Å². The molecule has 7 nitrogen and oxygen atoms in total. The van der Waals surface area contributed by atoms with E-state index in [1.165, 1.54) is 11.3 Å². The van der Waals surface area contributed by atoms with Crippen molar-refractivity contribution in [3.05, 3.63) is 29.5 Å². The van der Waals surface area contributed by atoms with E-state index in [0.29, 0.717) is 16.5 Å². The summed E-state index contributed by atoms with van der Waals surface area (Å²) in [6.45, 7) is 4.08. The standard InChI is InChI=1S/C13H14N6OS/c1-7(2)19-11-8(4-16-19)3-9(5-15-11)17-12(20)10-6-21-13(14)18-10/h3-7H,1-2H3,(H2,14,18)(H,17,20). The number of rotatable bonds is 3. The zero-order chi connectivity index (χ0) is 15.0. The lowest BCUT2D eigenvalue weighted by atomic mass is 10.3. The zero-order valence-electron chi connectivity index (χ0n) is 11.6. The van der Waals surface area contributed by atoms with E-state index in [4.69, 9.17) is 5.73 Å². The molecule has 0 aliphatic rings. The monoisotopic (exact) mass is 302 g/mol. The molecule has 0 radical (unpaired) electrons. The Hall–Kier alpha value is -2.48. The summed E-state index contributed by atoms with van der Waals surface area (Å²) in [4.78, 5) is 20.3. The molecule has 0 aliphatic heterocycles. The Morgan fingerprint density at radius 3 is 2.90 bits per heavy atom. The summed E-state index contributed by atoms with van der Waals surface area (Å²) < 4.78 is 1.84. The van der Waals surface area contributed by atoms with E-state index in [9.17, 15) is 4.79 Å². The first-order chi connectivity index (χ1) is 10.0. The fourth-order valence-corrected chi connectivity index (χ4v) is 2.52. The highest BCUT2D eigenvalue weighted by Crippen LogP contribution is 2.20. The second-order valence-corrected chi connectivity index (χ2v) is 5.73. The molecular weight excluding hydrogens is 288 g/mol. The summed E-state index contributed by atoms with van der Waals surface area (Å²) in [6.07, 6.45) is 3.34. The maximum absolute atomic E-state index is 12.0. The van der Waals surface area contributed by atoms with Crippen LogP contribution in [0.25, 0.3) is 11.0 Å². The number of nitrogen functional groups attached to an aromatic ring is 1. The Bertz CT molecular complexity index is 806. The summed E-state index contributed by atoms with van der Waals surface area (Å²) >= 11 is 1.23. The molecule has 0 aromatic carbocycles. The first-order valence-electron chi connectivity index (χ1n) is 6.40. The van der Waals surface area contributed by atoms with Crippen molar-refractivity contribution >= 4 is 39.1 Å². The number of fused-ring (bicyclic) bond motifs is 1. The number of nitrogens with zero attached hydrogens (tertiary/aromatic N) is 4. The van der Waals surface area contributed by atoms with Gasteiger partial charge >= 0.3 is 0 Å². The lowest BCUT2D eigenvalue weighted by molar-refractivity contribution is 0.102.